The second-order valence-corrected chi connectivity index (χ2v) is 7.75. The molecule has 0 amide bonds. The van der Waals surface area contributed by atoms with E-state index in [-0.39, 0.29) is 5.92 Å². The Morgan fingerprint density at radius 3 is 2.54 bits per heavy atom. The zero-order chi connectivity index (χ0) is 18.3. The first kappa shape index (κ1) is 17.8. The van der Waals surface area contributed by atoms with Crippen LogP contribution in [0.5, 0.6) is 0 Å². The lowest BCUT2D eigenvalue weighted by Crippen LogP contribution is -2.43. The van der Waals surface area contributed by atoms with Gasteiger partial charge in [-0.3, -0.25) is 4.90 Å². The Balaban J connectivity index is 1.65. The molecule has 2 aromatic heterocycles. The van der Waals surface area contributed by atoms with Crippen LogP contribution < -0.4 is 0 Å². The van der Waals surface area contributed by atoms with Gasteiger partial charge in [0, 0.05) is 30.3 Å². The minimum Gasteiger partial charge on any atom is -0.300 e. The van der Waals surface area contributed by atoms with Crippen molar-refractivity contribution in [1.29, 1.82) is 0 Å². The Morgan fingerprint density at radius 2 is 1.81 bits per heavy atom. The molecule has 1 saturated heterocycles. The lowest BCUT2D eigenvalue weighted by atomic mass is 9.89. The first-order valence-corrected chi connectivity index (χ1v) is 9.60. The maximum Gasteiger partial charge on any atom is 0.433 e. The monoisotopic (exact) mass is 366 g/mol. The number of hydrogen-bond acceptors (Lipinski definition) is 3. The Bertz CT molecular complexity index is 777. The van der Waals surface area contributed by atoms with Crippen molar-refractivity contribution >= 4 is 5.65 Å². The van der Waals surface area contributed by atoms with Gasteiger partial charge in [0.05, 0.1) is 5.69 Å². The molecule has 2 fully saturated rings. The fourth-order valence-electron chi connectivity index (χ4n) is 4.55. The molecule has 0 bridgehead atoms. The van der Waals surface area contributed by atoms with E-state index in [1.165, 1.54) is 38.2 Å². The normalized spacial score (nSPS) is 23.6. The minimum atomic E-state index is -4.44. The van der Waals surface area contributed by atoms with Crippen LogP contribution >= 0.6 is 0 Å². The van der Waals surface area contributed by atoms with E-state index in [0.717, 1.165) is 30.4 Å². The summed E-state index contributed by atoms with van der Waals surface area (Å²) in [5, 5.41) is 3.98. The van der Waals surface area contributed by atoms with Crippen molar-refractivity contribution in [2.45, 2.75) is 70.0 Å². The highest BCUT2D eigenvalue weighted by molar-refractivity contribution is 5.43. The Labute approximate surface area is 151 Å². The molecule has 0 radical (unpaired) electrons. The summed E-state index contributed by atoms with van der Waals surface area (Å²) < 4.78 is 41.6. The number of nitrogens with zero attached hydrogens (tertiary/aromatic N) is 4. The van der Waals surface area contributed by atoms with Gasteiger partial charge in [-0.15, -0.1) is 0 Å². The Kier molecular flexibility index (Phi) is 4.67. The number of alkyl halides is 3. The largest absolute Gasteiger partial charge is 0.433 e. The molecule has 1 atom stereocenters. The van der Waals surface area contributed by atoms with Crippen molar-refractivity contribution in [3.05, 3.63) is 29.2 Å². The smallest absolute Gasteiger partial charge is 0.300 e. The summed E-state index contributed by atoms with van der Waals surface area (Å²) in [5.74, 6) is 0.0620. The lowest BCUT2D eigenvalue weighted by Gasteiger charge is -2.40. The quantitative estimate of drug-likeness (QED) is 0.781. The van der Waals surface area contributed by atoms with Gasteiger partial charge >= 0.3 is 6.18 Å². The average Bonchev–Trinajstić information content (AvgIpc) is 3.01. The lowest BCUT2D eigenvalue weighted by molar-refractivity contribution is -0.142. The van der Waals surface area contributed by atoms with E-state index in [1.807, 2.05) is 0 Å². The van der Waals surface area contributed by atoms with E-state index >= 15 is 0 Å². The molecular formula is C19H25F3N4. The summed E-state index contributed by atoms with van der Waals surface area (Å²) in [6.07, 6.45) is 3.76. The molecular weight excluding hydrogens is 341 g/mol. The summed E-state index contributed by atoms with van der Waals surface area (Å²) in [6, 6.07) is 3.43. The van der Waals surface area contributed by atoms with Crippen molar-refractivity contribution in [2.75, 3.05) is 13.1 Å². The van der Waals surface area contributed by atoms with Crippen molar-refractivity contribution in [3.63, 3.8) is 0 Å². The highest BCUT2D eigenvalue weighted by Gasteiger charge is 2.36. The number of rotatable bonds is 2. The fraction of sp³-hybridized carbons (Fsp3) is 0.684. The maximum absolute atomic E-state index is 13.5. The van der Waals surface area contributed by atoms with Gasteiger partial charge in [-0.2, -0.15) is 18.3 Å². The molecule has 26 heavy (non-hydrogen) atoms. The number of aromatic nitrogens is 3. The van der Waals surface area contributed by atoms with Crippen LogP contribution in [0.1, 0.15) is 67.9 Å². The molecule has 0 unspecified atom stereocenters. The SMILES string of the molecule is Cc1cc2nc([C@H]3CCCN(C4CCCCC4)C3)cc(C(F)(F)F)n2n1. The standard InChI is InChI=1S/C19H25F3N4/c1-13-10-18-23-16(11-17(19(20,21)22)26(18)24-13)14-6-5-9-25(12-14)15-7-3-2-4-8-15/h10-11,14-15H,2-9,12H2,1H3/t14-/m0/s1. The zero-order valence-corrected chi connectivity index (χ0v) is 15.1. The molecule has 0 aromatic carbocycles. The third-order valence-electron chi connectivity index (χ3n) is 5.82. The second kappa shape index (κ2) is 6.83. The van der Waals surface area contributed by atoms with Gasteiger partial charge in [-0.1, -0.05) is 19.3 Å². The Morgan fingerprint density at radius 1 is 1.04 bits per heavy atom. The number of likely N-dealkylation sites (tertiary alicyclic amines) is 1. The number of hydrogen-bond donors (Lipinski definition) is 0. The summed E-state index contributed by atoms with van der Waals surface area (Å²) in [7, 11) is 0. The van der Waals surface area contributed by atoms with E-state index in [0.29, 0.717) is 23.1 Å². The van der Waals surface area contributed by atoms with E-state index in [4.69, 9.17) is 0 Å². The zero-order valence-electron chi connectivity index (χ0n) is 15.1. The molecule has 4 nitrogen and oxygen atoms in total. The first-order valence-electron chi connectivity index (χ1n) is 9.60. The Hall–Kier alpha value is -1.63. The molecule has 1 saturated carbocycles. The molecule has 1 aliphatic heterocycles. The highest BCUT2D eigenvalue weighted by atomic mass is 19.4. The van der Waals surface area contributed by atoms with Gasteiger partial charge in [0.1, 0.15) is 5.69 Å². The number of fused-ring (bicyclic) bond motifs is 1. The van der Waals surface area contributed by atoms with Crippen LogP contribution in [-0.4, -0.2) is 38.6 Å². The van der Waals surface area contributed by atoms with Gasteiger partial charge in [-0.25, -0.2) is 9.50 Å². The minimum absolute atomic E-state index is 0.0620. The molecule has 3 heterocycles. The molecule has 7 heteroatoms. The van der Waals surface area contributed by atoms with Gasteiger partial charge < -0.3 is 0 Å². The molecule has 4 rings (SSSR count). The van der Waals surface area contributed by atoms with Crippen LogP contribution in [0, 0.1) is 6.92 Å². The molecule has 0 N–H and O–H groups in total. The molecule has 2 aromatic rings. The molecule has 0 spiro atoms. The second-order valence-electron chi connectivity index (χ2n) is 7.75. The summed E-state index contributed by atoms with van der Waals surface area (Å²) in [6.45, 7) is 3.57. The highest BCUT2D eigenvalue weighted by Crippen LogP contribution is 2.35. The first-order chi connectivity index (χ1) is 12.4. The summed E-state index contributed by atoms with van der Waals surface area (Å²) in [5.41, 5.74) is 0.681. The molecule has 142 valence electrons. The molecule has 2 aliphatic rings. The van der Waals surface area contributed by atoms with Crippen molar-refractivity contribution in [3.8, 4) is 0 Å². The topological polar surface area (TPSA) is 33.4 Å². The van der Waals surface area contributed by atoms with Crippen LogP contribution in [0.3, 0.4) is 0 Å². The van der Waals surface area contributed by atoms with Crippen LogP contribution in [0.25, 0.3) is 5.65 Å². The average molecular weight is 366 g/mol. The number of piperidine rings is 1. The summed E-state index contributed by atoms with van der Waals surface area (Å²) >= 11 is 0. The van der Waals surface area contributed by atoms with Crippen molar-refractivity contribution in [1.82, 2.24) is 19.5 Å². The van der Waals surface area contributed by atoms with E-state index in [2.05, 4.69) is 15.0 Å². The van der Waals surface area contributed by atoms with Gasteiger partial charge in [-0.05, 0) is 45.2 Å². The predicted octanol–water partition coefficient (Wildman–Crippen LogP) is 4.57. The third-order valence-corrected chi connectivity index (χ3v) is 5.82. The van der Waals surface area contributed by atoms with Gasteiger partial charge in [0.2, 0.25) is 0 Å². The van der Waals surface area contributed by atoms with Crippen LogP contribution in [0.4, 0.5) is 13.2 Å². The van der Waals surface area contributed by atoms with Crippen LogP contribution in [0.15, 0.2) is 12.1 Å². The fourth-order valence-corrected chi connectivity index (χ4v) is 4.55. The molecule has 1 aliphatic carbocycles. The van der Waals surface area contributed by atoms with Crippen LogP contribution in [0.2, 0.25) is 0 Å². The van der Waals surface area contributed by atoms with Crippen LogP contribution in [-0.2, 0) is 6.18 Å². The van der Waals surface area contributed by atoms with E-state index in [9.17, 15) is 13.2 Å². The van der Waals surface area contributed by atoms with E-state index in [1.54, 1.807) is 13.0 Å². The number of aryl methyl sites for hydroxylation is 1. The van der Waals surface area contributed by atoms with Gasteiger partial charge in [0.25, 0.3) is 0 Å². The van der Waals surface area contributed by atoms with Crippen molar-refractivity contribution in [2.24, 2.45) is 0 Å². The maximum atomic E-state index is 13.5. The third kappa shape index (κ3) is 3.46. The van der Waals surface area contributed by atoms with E-state index < -0.39 is 11.9 Å². The van der Waals surface area contributed by atoms with Crippen molar-refractivity contribution < 1.29 is 13.2 Å². The van der Waals surface area contributed by atoms with Gasteiger partial charge in [0.15, 0.2) is 5.65 Å². The predicted molar refractivity (Wildman–Crippen MR) is 93.1 cm³/mol. The summed E-state index contributed by atoms with van der Waals surface area (Å²) in [4.78, 5) is 7.04. The number of halogens is 3.